The Morgan fingerprint density at radius 1 is 1.24 bits per heavy atom. The minimum Gasteiger partial charge on any atom is -0.465 e. The molecule has 0 spiro atoms. The third kappa shape index (κ3) is 5.08. The second kappa shape index (κ2) is 6.59. The molecule has 1 N–H and O–H groups in total. The third-order valence-electron chi connectivity index (χ3n) is 2.65. The number of carbonyl (C=O) groups is 2. The maximum absolute atomic E-state index is 11.8. The van der Waals surface area contributed by atoms with Crippen LogP contribution in [0.5, 0.6) is 0 Å². The van der Waals surface area contributed by atoms with Crippen LogP contribution in [0.25, 0.3) is 0 Å². The van der Waals surface area contributed by atoms with Gasteiger partial charge >= 0.3 is 5.97 Å². The molecule has 0 aliphatic heterocycles. The van der Waals surface area contributed by atoms with Crippen LogP contribution in [0.4, 0.5) is 5.69 Å². The number of hydrogen-bond donors (Lipinski definition) is 1. The molecule has 112 valence electrons. The summed E-state index contributed by atoms with van der Waals surface area (Å²) in [5.74, 6) is 2.52. The van der Waals surface area contributed by atoms with Crippen molar-refractivity contribution in [3.05, 3.63) is 28.8 Å². The van der Waals surface area contributed by atoms with Gasteiger partial charge in [-0.1, -0.05) is 25.6 Å². The van der Waals surface area contributed by atoms with Crippen LogP contribution in [0.2, 0.25) is 19.6 Å². The molecule has 21 heavy (non-hydrogen) atoms. The smallest absolute Gasteiger partial charge is 0.338 e. The summed E-state index contributed by atoms with van der Waals surface area (Å²) in [6, 6.07) is 3.43. The Morgan fingerprint density at radius 3 is 2.33 bits per heavy atom. The first kappa shape index (κ1) is 17.0. The van der Waals surface area contributed by atoms with Gasteiger partial charge in [0.25, 0.3) is 0 Å². The number of methoxy groups -OCH3 is 1. The van der Waals surface area contributed by atoms with Crippen molar-refractivity contribution in [2.75, 3.05) is 12.4 Å². The average molecular weight is 303 g/mol. The molecule has 0 heterocycles. The predicted molar refractivity (Wildman–Crippen MR) is 87.0 cm³/mol. The molecular weight excluding hydrogens is 282 g/mol. The van der Waals surface area contributed by atoms with Crippen molar-refractivity contribution < 1.29 is 14.3 Å². The second-order valence-electron chi connectivity index (χ2n) is 5.89. The van der Waals surface area contributed by atoms with Crippen molar-refractivity contribution in [1.82, 2.24) is 0 Å². The Labute approximate surface area is 126 Å². The van der Waals surface area contributed by atoms with E-state index in [9.17, 15) is 9.59 Å². The minimum atomic E-state index is -1.56. The number of aryl methyl sites for hydroxylation is 1. The van der Waals surface area contributed by atoms with E-state index in [0.717, 1.165) is 5.56 Å². The van der Waals surface area contributed by atoms with Crippen LogP contribution in [0.15, 0.2) is 12.1 Å². The Balaban J connectivity index is 3.43. The van der Waals surface area contributed by atoms with Crippen LogP contribution in [-0.4, -0.2) is 27.1 Å². The fourth-order valence-electron chi connectivity index (χ4n) is 1.69. The lowest BCUT2D eigenvalue weighted by atomic mass is 10.0. The predicted octanol–water partition coefficient (Wildman–Crippen LogP) is 2.97. The zero-order valence-corrected chi connectivity index (χ0v) is 14.4. The molecule has 0 saturated heterocycles. The van der Waals surface area contributed by atoms with Crippen molar-refractivity contribution in [2.45, 2.75) is 33.5 Å². The number of rotatable bonds is 2. The van der Waals surface area contributed by atoms with Crippen LogP contribution in [0.3, 0.4) is 0 Å². The Hall–Kier alpha value is -2.06. The van der Waals surface area contributed by atoms with E-state index < -0.39 is 14.0 Å². The van der Waals surface area contributed by atoms with Crippen molar-refractivity contribution in [3.8, 4) is 11.5 Å². The summed E-state index contributed by atoms with van der Waals surface area (Å²) < 4.78 is 4.77. The highest BCUT2D eigenvalue weighted by Crippen LogP contribution is 2.22. The van der Waals surface area contributed by atoms with E-state index in [-0.39, 0.29) is 5.91 Å². The molecule has 5 heteroatoms. The van der Waals surface area contributed by atoms with Crippen molar-refractivity contribution >= 4 is 25.6 Å². The highest BCUT2D eigenvalue weighted by molar-refractivity contribution is 6.83. The standard InChI is InChI=1S/C16H21NO3Si/c1-11-9-15(17-12(2)18)13(7-8-21(4,5)6)10-14(11)16(19)20-3/h9-10H,1-6H3,(H,17,18). The van der Waals surface area contributed by atoms with Crippen molar-refractivity contribution in [1.29, 1.82) is 0 Å². The van der Waals surface area contributed by atoms with Crippen LogP contribution in [-0.2, 0) is 9.53 Å². The molecule has 0 saturated carbocycles. The summed E-state index contributed by atoms with van der Waals surface area (Å²) in [7, 11) is -0.215. The Morgan fingerprint density at radius 2 is 1.86 bits per heavy atom. The van der Waals surface area contributed by atoms with Gasteiger partial charge in [0.2, 0.25) is 5.91 Å². The molecule has 0 aliphatic carbocycles. The maximum atomic E-state index is 11.8. The molecule has 0 bridgehead atoms. The lowest BCUT2D eigenvalue weighted by molar-refractivity contribution is -0.114. The lowest BCUT2D eigenvalue weighted by Crippen LogP contribution is -2.16. The molecule has 0 aromatic heterocycles. The van der Waals surface area contributed by atoms with E-state index >= 15 is 0 Å². The Kier molecular flexibility index (Phi) is 5.33. The van der Waals surface area contributed by atoms with Gasteiger partial charge in [-0.15, -0.1) is 5.54 Å². The summed E-state index contributed by atoms with van der Waals surface area (Å²) in [5, 5.41) is 2.76. The third-order valence-corrected chi connectivity index (χ3v) is 3.53. The summed E-state index contributed by atoms with van der Waals surface area (Å²) >= 11 is 0. The molecule has 0 atom stereocenters. The molecule has 0 unspecified atom stereocenters. The van der Waals surface area contributed by atoms with E-state index in [4.69, 9.17) is 4.74 Å². The summed E-state index contributed by atoms with van der Waals surface area (Å²) in [6.07, 6.45) is 0. The van der Waals surface area contributed by atoms with Crippen LogP contribution < -0.4 is 5.32 Å². The van der Waals surface area contributed by atoms with Gasteiger partial charge in [-0.05, 0) is 24.6 Å². The van der Waals surface area contributed by atoms with Crippen LogP contribution in [0.1, 0.15) is 28.4 Å². The van der Waals surface area contributed by atoms with E-state index in [1.54, 1.807) is 19.1 Å². The minimum absolute atomic E-state index is 0.170. The SMILES string of the molecule is COC(=O)c1cc(C#C[Si](C)(C)C)c(NC(C)=O)cc1C. The molecule has 1 aromatic carbocycles. The van der Waals surface area contributed by atoms with E-state index in [1.165, 1.54) is 14.0 Å². The first-order chi connectivity index (χ1) is 9.64. The summed E-state index contributed by atoms with van der Waals surface area (Å²) in [4.78, 5) is 23.1. The van der Waals surface area contributed by atoms with Gasteiger partial charge in [0.1, 0.15) is 8.07 Å². The molecule has 1 rings (SSSR count). The van der Waals surface area contributed by atoms with Gasteiger partial charge in [-0.3, -0.25) is 4.79 Å². The maximum Gasteiger partial charge on any atom is 0.338 e. The summed E-state index contributed by atoms with van der Waals surface area (Å²) in [5.41, 5.74) is 5.71. The molecule has 0 aliphatic rings. The monoisotopic (exact) mass is 303 g/mol. The fourth-order valence-corrected chi connectivity index (χ4v) is 2.20. The molecule has 4 nitrogen and oxygen atoms in total. The van der Waals surface area contributed by atoms with Gasteiger partial charge in [-0.25, -0.2) is 4.79 Å². The van der Waals surface area contributed by atoms with E-state index in [0.29, 0.717) is 16.8 Å². The van der Waals surface area contributed by atoms with Gasteiger partial charge in [0, 0.05) is 12.5 Å². The zero-order valence-electron chi connectivity index (χ0n) is 13.4. The number of anilines is 1. The normalized spacial score (nSPS) is 10.4. The van der Waals surface area contributed by atoms with Crippen LogP contribution >= 0.6 is 0 Å². The number of carbonyl (C=O) groups excluding carboxylic acids is 2. The van der Waals surface area contributed by atoms with Crippen molar-refractivity contribution in [3.63, 3.8) is 0 Å². The molecule has 1 aromatic rings. The fraction of sp³-hybridized carbons (Fsp3) is 0.375. The topological polar surface area (TPSA) is 55.4 Å². The first-order valence-corrected chi connectivity index (χ1v) is 10.2. The summed E-state index contributed by atoms with van der Waals surface area (Å²) in [6.45, 7) is 9.64. The van der Waals surface area contributed by atoms with Gasteiger partial charge < -0.3 is 10.1 Å². The van der Waals surface area contributed by atoms with Gasteiger partial charge in [-0.2, -0.15) is 0 Å². The average Bonchev–Trinajstić information content (AvgIpc) is 2.35. The lowest BCUT2D eigenvalue weighted by Gasteiger charge is -2.11. The number of esters is 1. The number of hydrogen-bond acceptors (Lipinski definition) is 3. The number of nitrogens with one attached hydrogen (secondary N) is 1. The van der Waals surface area contributed by atoms with Crippen LogP contribution in [0, 0.1) is 18.4 Å². The molecular formula is C16H21NO3Si. The molecule has 0 fully saturated rings. The number of benzene rings is 1. The Bertz CT molecular complexity index is 633. The number of amides is 1. The highest BCUT2D eigenvalue weighted by Gasteiger charge is 2.14. The van der Waals surface area contributed by atoms with Gasteiger partial charge in [0.15, 0.2) is 0 Å². The quantitative estimate of drug-likeness (QED) is 0.519. The molecule has 1 amide bonds. The van der Waals surface area contributed by atoms with Crippen molar-refractivity contribution in [2.24, 2.45) is 0 Å². The number of ether oxygens (including phenoxy) is 1. The van der Waals surface area contributed by atoms with E-state index in [1.807, 2.05) is 0 Å². The van der Waals surface area contributed by atoms with Gasteiger partial charge in [0.05, 0.1) is 18.4 Å². The first-order valence-electron chi connectivity index (χ1n) is 6.68. The molecule has 0 radical (unpaired) electrons. The largest absolute Gasteiger partial charge is 0.465 e. The zero-order chi connectivity index (χ0) is 16.2. The second-order valence-corrected chi connectivity index (χ2v) is 10.6. The van der Waals surface area contributed by atoms with E-state index in [2.05, 4.69) is 36.4 Å². The highest BCUT2D eigenvalue weighted by atomic mass is 28.3.